The SMILES string of the molecule is O=C(O)c1cc(N2C(=O)CCC2=O)n[nH]1. The summed E-state index contributed by atoms with van der Waals surface area (Å²) in [6, 6.07) is 1.16. The minimum absolute atomic E-state index is 0.0416. The number of carboxylic acid groups (broad SMARTS) is 1. The van der Waals surface area contributed by atoms with Crippen LogP contribution in [0.2, 0.25) is 0 Å². The van der Waals surface area contributed by atoms with E-state index in [1.165, 1.54) is 0 Å². The Morgan fingerprint density at radius 1 is 1.40 bits per heavy atom. The maximum absolute atomic E-state index is 11.3. The highest BCUT2D eigenvalue weighted by Gasteiger charge is 2.32. The van der Waals surface area contributed by atoms with Crippen molar-refractivity contribution in [3.63, 3.8) is 0 Å². The zero-order valence-electron chi connectivity index (χ0n) is 7.56. The molecule has 0 spiro atoms. The van der Waals surface area contributed by atoms with Crippen LogP contribution in [0.15, 0.2) is 6.07 Å². The molecule has 7 nitrogen and oxygen atoms in total. The Morgan fingerprint density at radius 3 is 2.47 bits per heavy atom. The van der Waals surface area contributed by atoms with Crippen molar-refractivity contribution >= 4 is 23.6 Å². The average molecular weight is 209 g/mol. The van der Waals surface area contributed by atoms with E-state index in [0.717, 1.165) is 11.0 Å². The number of amides is 2. The Bertz CT molecular complexity index is 434. The highest BCUT2D eigenvalue weighted by Crippen LogP contribution is 2.20. The van der Waals surface area contributed by atoms with Crippen molar-refractivity contribution in [2.75, 3.05) is 4.90 Å². The van der Waals surface area contributed by atoms with Gasteiger partial charge < -0.3 is 5.11 Å². The van der Waals surface area contributed by atoms with Gasteiger partial charge in [0.1, 0.15) is 5.69 Å². The first-order valence-electron chi connectivity index (χ1n) is 4.24. The summed E-state index contributed by atoms with van der Waals surface area (Å²) in [7, 11) is 0. The smallest absolute Gasteiger partial charge is 0.353 e. The van der Waals surface area contributed by atoms with Gasteiger partial charge in [0.05, 0.1) is 0 Å². The van der Waals surface area contributed by atoms with Crippen LogP contribution in [-0.4, -0.2) is 33.1 Å². The fourth-order valence-electron chi connectivity index (χ4n) is 1.37. The van der Waals surface area contributed by atoms with Crippen LogP contribution in [0.25, 0.3) is 0 Å². The van der Waals surface area contributed by atoms with Gasteiger partial charge in [-0.25, -0.2) is 9.69 Å². The molecule has 0 bridgehead atoms. The number of hydrogen-bond donors (Lipinski definition) is 2. The number of nitrogens with zero attached hydrogens (tertiary/aromatic N) is 2. The van der Waals surface area contributed by atoms with Gasteiger partial charge in [0, 0.05) is 18.9 Å². The van der Waals surface area contributed by atoms with Gasteiger partial charge in [0.25, 0.3) is 0 Å². The maximum Gasteiger partial charge on any atom is 0.353 e. The van der Waals surface area contributed by atoms with E-state index in [0.29, 0.717) is 0 Å². The third-order valence-corrected chi connectivity index (χ3v) is 2.08. The van der Waals surface area contributed by atoms with Crippen molar-refractivity contribution in [3.05, 3.63) is 11.8 Å². The number of carbonyl (C=O) groups is 3. The van der Waals surface area contributed by atoms with Crippen LogP contribution in [0, 0.1) is 0 Å². The van der Waals surface area contributed by atoms with Gasteiger partial charge in [-0.1, -0.05) is 0 Å². The molecule has 0 unspecified atom stereocenters. The molecule has 2 rings (SSSR count). The normalized spacial score (nSPS) is 16.1. The quantitative estimate of drug-likeness (QED) is 0.654. The topological polar surface area (TPSA) is 103 Å². The molecule has 2 N–H and O–H groups in total. The molecule has 0 aliphatic carbocycles. The van der Waals surface area contributed by atoms with Crippen LogP contribution in [0.1, 0.15) is 23.3 Å². The number of nitrogens with one attached hydrogen (secondary N) is 1. The summed E-state index contributed by atoms with van der Waals surface area (Å²) < 4.78 is 0. The first kappa shape index (κ1) is 9.38. The third-order valence-electron chi connectivity index (χ3n) is 2.08. The Morgan fingerprint density at radius 2 is 2.00 bits per heavy atom. The number of rotatable bonds is 2. The zero-order valence-corrected chi connectivity index (χ0v) is 7.56. The summed E-state index contributed by atoms with van der Waals surface area (Å²) in [4.78, 5) is 34.0. The molecule has 0 aromatic carbocycles. The maximum atomic E-state index is 11.3. The second-order valence-electron chi connectivity index (χ2n) is 3.07. The lowest BCUT2D eigenvalue weighted by atomic mass is 10.4. The summed E-state index contributed by atoms with van der Waals surface area (Å²) >= 11 is 0. The average Bonchev–Trinajstić information content (AvgIpc) is 2.73. The molecule has 1 fully saturated rings. The number of anilines is 1. The molecule has 2 amide bonds. The number of imide groups is 1. The summed E-state index contributed by atoms with van der Waals surface area (Å²) in [6.07, 6.45) is 0.294. The van der Waals surface area contributed by atoms with Gasteiger partial charge in [-0.05, 0) is 0 Å². The van der Waals surface area contributed by atoms with Crippen LogP contribution < -0.4 is 4.90 Å². The molecule has 78 valence electrons. The van der Waals surface area contributed by atoms with Crippen molar-refractivity contribution in [3.8, 4) is 0 Å². The monoisotopic (exact) mass is 209 g/mol. The Labute approximate surface area is 83.7 Å². The molecule has 1 aromatic rings. The van der Waals surface area contributed by atoms with Gasteiger partial charge in [-0.15, -0.1) is 0 Å². The fraction of sp³-hybridized carbons (Fsp3) is 0.250. The van der Waals surface area contributed by atoms with Crippen LogP contribution in [0.3, 0.4) is 0 Å². The molecular formula is C8H7N3O4. The number of aromatic nitrogens is 2. The van der Waals surface area contributed by atoms with Gasteiger partial charge in [-0.3, -0.25) is 14.7 Å². The van der Waals surface area contributed by atoms with Crippen LogP contribution in [0.5, 0.6) is 0 Å². The number of aromatic carboxylic acids is 1. The lowest BCUT2D eigenvalue weighted by Gasteiger charge is -2.08. The van der Waals surface area contributed by atoms with E-state index >= 15 is 0 Å². The molecule has 0 radical (unpaired) electrons. The van der Waals surface area contributed by atoms with Crippen molar-refractivity contribution in [2.24, 2.45) is 0 Å². The number of hydrogen-bond acceptors (Lipinski definition) is 4. The lowest BCUT2D eigenvalue weighted by Crippen LogP contribution is -2.28. The van der Waals surface area contributed by atoms with Crippen molar-refractivity contribution in [1.82, 2.24) is 10.2 Å². The molecule has 15 heavy (non-hydrogen) atoms. The number of carboxylic acids is 1. The van der Waals surface area contributed by atoms with Crippen LogP contribution in [0.4, 0.5) is 5.82 Å². The predicted octanol–water partition coefficient (Wildman–Crippen LogP) is -0.239. The summed E-state index contributed by atoms with van der Waals surface area (Å²) in [5, 5.41) is 14.4. The van der Waals surface area contributed by atoms with Crippen molar-refractivity contribution < 1.29 is 19.5 Å². The van der Waals surface area contributed by atoms with E-state index in [4.69, 9.17) is 5.11 Å². The minimum atomic E-state index is -1.19. The molecule has 1 aromatic heterocycles. The first-order chi connectivity index (χ1) is 7.09. The standard InChI is InChI=1S/C8H7N3O4/c12-6-1-2-7(13)11(6)5-3-4(8(14)15)9-10-5/h3H,1-2H2,(H,9,10)(H,14,15). The molecule has 0 atom stereocenters. The van der Waals surface area contributed by atoms with E-state index in [9.17, 15) is 14.4 Å². The Hall–Kier alpha value is -2.18. The Kier molecular flexibility index (Phi) is 2.00. The predicted molar refractivity (Wildman–Crippen MR) is 47.3 cm³/mol. The summed E-state index contributed by atoms with van der Waals surface area (Å²) in [6.45, 7) is 0. The van der Waals surface area contributed by atoms with E-state index < -0.39 is 5.97 Å². The highest BCUT2D eigenvalue weighted by atomic mass is 16.4. The van der Waals surface area contributed by atoms with Crippen molar-refractivity contribution in [2.45, 2.75) is 12.8 Å². The summed E-state index contributed by atoms with van der Waals surface area (Å²) in [5.41, 5.74) is -0.155. The largest absolute Gasteiger partial charge is 0.477 e. The molecule has 0 saturated carbocycles. The molecule has 1 aliphatic rings. The molecule has 7 heteroatoms. The minimum Gasteiger partial charge on any atom is -0.477 e. The Balaban J connectivity index is 2.33. The van der Waals surface area contributed by atoms with Gasteiger partial charge >= 0.3 is 5.97 Å². The first-order valence-corrected chi connectivity index (χ1v) is 4.24. The molecule has 1 aliphatic heterocycles. The number of H-pyrrole nitrogens is 1. The van der Waals surface area contributed by atoms with E-state index in [1.54, 1.807) is 0 Å². The molecule has 1 saturated heterocycles. The molecule has 2 heterocycles. The van der Waals surface area contributed by atoms with E-state index in [1.807, 2.05) is 0 Å². The van der Waals surface area contributed by atoms with E-state index in [2.05, 4.69) is 10.2 Å². The van der Waals surface area contributed by atoms with Gasteiger partial charge in [-0.2, -0.15) is 5.10 Å². The van der Waals surface area contributed by atoms with Gasteiger partial charge in [0.2, 0.25) is 11.8 Å². The number of aromatic amines is 1. The van der Waals surface area contributed by atoms with E-state index in [-0.39, 0.29) is 36.2 Å². The highest BCUT2D eigenvalue weighted by molar-refractivity contribution is 6.19. The summed E-state index contributed by atoms with van der Waals surface area (Å²) in [5.74, 6) is -1.86. The molecular weight excluding hydrogens is 202 g/mol. The number of carbonyl (C=O) groups excluding carboxylic acids is 2. The third kappa shape index (κ3) is 1.47. The van der Waals surface area contributed by atoms with Crippen LogP contribution in [-0.2, 0) is 9.59 Å². The fourth-order valence-corrected chi connectivity index (χ4v) is 1.37. The zero-order chi connectivity index (χ0) is 11.0. The van der Waals surface area contributed by atoms with Crippen molar-refractivity contribution in [1.29, 1.82) is 0 Å². The van der Waals surface area contributed by atoms with Gasteiger partial charge in [0.15, 0.2) is 5.82 Å². The van der Waals surface area contributed by atoms with Crippen LogP contribution >= 0.6 is 0 Å². The lowest BCUT2D eigenvalue weighted by molar-refractivity contribution is -0.121. The second-order valence-corrected chi connectivity index (χ2v) is 3.07. The second kappa shape index (κ2) is 3.19.